The molecule has 1 aromatic heterocycles. The average molecular weight is 352 g/mol. The third-order valence-corrected chi connectivity index (χ3v) is 5.09. The van der Waals surface area contributed by atoms with Crippen LogP contribution in [0.1, 0.15) is 35.9 Å². The van der Waals surface area contributed by atoms with Crippen molar-refractivity contribution in [2.45, 2.75) is 25.4 Å². The zero-order valence-corrected chi connectivity index (χ0v) is 14.8. The number of anilines is 1. The number of nitrogens with zero attached hydrogens (tertiary/aromatic N) is 3. The Morgan fingerprint density at radius 1 is 1.08 bits per heavy atom. The van der Waals surface area contributed by atoms with E-state index in [4.69, 9.17) is 11.6 Å². The lowest BCUT2D eigenvalue weighted by Gasteiger charge is -2.33. The molecule has 0 aliphatic carbocycles. The van der Waals surface area contributed by atoms with Crippen LogP contribution in [0, 0.1) is 0 Å². The number of halogens is 1. The summed E-state index contributed by atoms with van der Waals surface area (Å²) in [6, 6.07) is 16.9. The number of carbonyl (C=O) groups is 1. The number of carbonyl (C=O) groups excluding carboxylic acids is 1. The van der Waals surface area contributed by atoms with Crippen LogP contribution < -0.4 is 4.90 Å². The second-order valence-electron chi connectivity index (χ2n) is 6.78. The number of benzene rings is 2. The minimum Gasteiger partial charge on any atom is -0.284 e. The van der Waals surface area contributed by atoms with Crippen molar-refractivity contribution in [1.29, 1.82) is 0 Å². The van der Waals surface area contributed by atoms with Gasteiger partial charge in [0.05, 0.1) is 5.69 Å². The van der Waals surface area contributed by atoms with Crippen LogP contribution in [-0.4, -0.2) is 15.7 Å². The zero-order chi connectivity index (χ0) is 17.6. The van der Waals surface area contributed by atoms with E-state index in [0.29, 0.717) is 10.6 Å². The maximum absolute atomic E-state index is 13.4. The summed E-state index contributed by atoms with van der Waals surface area (Å²) >= 11 is 5.97. The second kappa shape index (κ2) is 5.74. The minimum atomic E-state index is -0.273. The third kappa shape index (κ3) is 2.45. The first-order valence-electron chi connectivity index (χ1n) is 8.18. The van der Waals surface area contributed by atoms with Gasteiger partial charge in [-0.3, -0.25) is 9.69 Å². The second-order valence-corrected chi connectivity index (χ2v) is 7.22. The molecule has 1 unspecified atom stereocenters. The number of amides is 1. The van der Waals surface area contributed by atoms with Gasteiger partial charge in [-0.05, 0) is 42.0 Å². The van der Waals surface area contributed by atoms with Gasteiger partial charge in [0.15, 0.2) is 0 Å². The molecule has 1 atom stereocenters. The third-order valence-electron chi connectivity index (χ3n) is 4.83. The summed E-state index contributed by atoms with van der Waals surface area (Å²) in [6.45, 7) is 4.29. The Morgan fingerprint density at radius 2 is 1.80 bits per heavy atom. The highest BCUT2D eigenvalue weighted by Gasteiger charge is 2.48. The van der Waals surface area contributed by atoms with E-state index in [1.807, 2.05) is 40.0 Å². The molecule has 0 fully saturated rings. The lowest BCUT2D eigenvalue weighted by Crippen LogP contribution is -2.41. The highest BCUT2D eigenvalue weighted by Crippen LogP contribution is 2.50. The van der Waals surface area contributed by atoms with Gasteiger partial charge in [0.25, 0.3) is 5.91 Å². The predicted octanol–water partition coefficient (Wildman–Crippen LogP) is 4.67. The lowest BCUT2D eigenvalue weighted by molar-refractivity contribution is 0.0953. The van der Waals surface area contributed by atoms with E-state index in [0.717, 1.165) is 11.3 Å². The molecule has 0 saturated carbocycles. The van der Waals surface area contributed by atoms with E-state index in [9.17, 15) is 4.79 Å². The van der Waals surface area contributed by atoms with Crippen molar-refractivity contribution in [3.8, 4) is 0 Å². The summed E-state index contributed by atoms with van der Waals surface area (Å²) in [5.74, 6) is -0.0600. The topological polar surface area (TPSA) is 38.1 Å². The Kier molecular flexibility index (Phi) is 3.65. The van der Waals surface area contributed by atoms with E-state index >= 15 is 0 Å². The molecule has 5 heteroatoms. The van der Waals surface area contributed by atoms with Crippen LogP contribution in [0.5, 0.6) is 0 Å². The maximum Gasteiger partial charge on any atom is 0.260 e. The minimum absolute atomic E-state index is 0.0600. The monoisotopic (exact) mass is 351 g/mol. The van der Waals surface area contributed by atoms with E-state index in [2.05, 4.69) is 25.0 Å². The summed E-state index contributed by atoms with van der Waals surface area (Å²) in [5, 5.41) is 5.03. The van der Waals surface area contributed by atoms with Gasteiger partial charge in [-0.15, -0.1) is 0 Å². The molecule has 0 spiro atoms. The van der Waals surface area contributed by atoms with E-state index in [-0.39, 0.29) is 17.5 Å². The van der Waals surface area contributed by atoms with Gasteiger partial charge in [0.1, 0.15) is 6.17 Å². The normalized spacial score (nSPS) is 18.2. The summed E-state index contributed by atoms with van der Waals surface area (Å²) < 4.78 is 1.85. The van der Waals surface area contributed by atoms with Crippen molar-refractivity contribution in [3.63, 3.8) is 0 Å². The smallest absolute Gasteiger partial charge is 0.260 e. The van der Waals surface area contributed by atoms with Gasteiger partial charge >= 0.3 is 0 Å². The SMILES string of the molecule is CC1(C)c2ccccc2N(C(=O)c2ccc(Cl)cc2)C1n1cccn1. The molecule has 3 aromatic rings. The summed E-state index contributed by atoms with van der Waals surface area (Å²) in [7, 11) is 0. The molecular formula is C20H18ClN3O. The number of aromatic nitrogens is 2. The quantitative estimate of drug-likeness (QED) is 0.672. The standard InChI is InChI=1S/C20H18ClN3O/c1-20(2)16-6-3-4-7-17(16)24(19(20)23-13-5-12-22-23)18(25)14-8-10-15(21)11-9-14/h3-13,19H,1-2H3. The largest absolute Gasteiger partial charge is 0.284 e. The predicted molar refractivity (Wildman–Crippen MR) is 99.0 cm³/mol. The van der Waals surface area contributed by atoms with Gasteiger partial charge in [-0.2, -0.15) is 5.10 Å². The Hall–Kier alpha value is -2.59. The molecule has 0 bridgehead atoms. The van der Waals surface area contributed by atoms with Gasteiger partial charge in [-0.25, -0.2) is 4.68 Å². The lowest BCUT2D eigenvalue weighted by atomic mass is 9.84. The van der Waals surface area contributed by atoms with Crippen LogP contribution in [0.15, 0.2) is 67.0 Å². The van der Waals surface area contributed by atoms with Gasteiger partial charge in [-0.1, -0.05) is 43.6 Å². The Morgan fingerprint density at radius 3 is 2.48 bits per heavy atom. The van der Waals surface area contributed by atoms with Gasteiger partial charge in [0.2, 0.25) is 0 Å². The molecule has 4 rings (SSSR count). The zero-order valence-electron chi connectivity index (χ0n) is 14.1. The first-order valence-corrected chi connectivity index (χ1v) is 8.56. The van der Waals surface area contributed by atoms with Gasteiger partial charge in [0, 0.05) is 28.4 Å². The van der Waals surface area contributed by atoms with Crippen molar-refractivity contribution in [1.82, 2.24) is 9.78 Å². The molecule has 126 valence electrons. The van der Waals surface area contributed by atoms with Crippen molar-refractivity contribution >= 4 is 23.2 Å². The fraction of sp³-hybridized carbons (Fsp3) is 0.200. The first kappa shape index (κ1) is 15.9. The van der Waals surface area contributed by atoms with Crippen LogP contribution in [0.25, 0.3) is 0 Å². The summed E-state index contributed by atoms with van der Waals surface area (Å²) in [4.78, 5) is 15.2. The van der Waals surface area contributed by atoms with Crippen molar-refractivity contribution < 1.29 is 4.79 Å². The number of fused-ring (bicyclic) bond motifs is 1. The number of hydrogen-bond acceptors (Lipinski definition) is 2. The Labute approximate surface area is 151 Å². The first-order chi connectivity index (χ1) is 12.0. The number of rotatable bonds is 2. The molecule has 1 aliphatic rings. The molecule has 2 heterocycles. The highest BCUT2D eigenvalue weighted by atomic mass is 35.5. The molecule has 25 heavy (non-hydrogen) atoms. The Bertz CT molecular complexity index is 916. The molecule has 0 radical (unpaired) electrons. The summed E-state index contributed by atoms with van der Waals surface area (Å²) in [5.41, 5.74) is 2.39. The summed E-state index contributed by atoms with van der Waals surface area (Å²) in [6.07, 6.45) is 3.41. The van der Waals surface area contributed by atoms with E-state index in [1.165, 1.54) is 0 Å². The molecule has 0 N–H and O–H groups in total. The van der Waals surface area contributed by atoms with Crippen LogP contribution in [0.4, 0.5) is 5.69 Å². The maximum atomic E-state index is 13.4. The highest BCUT2D eigenvalue weighted by molar-refractivity contribution is 6.30. The van der Waals surface area contributed by atoms with Gasteiger partial charge < -0.3 is 0 Å². The van der Waals surface area contributed by atoms with E-state index in [1.54, 1.807) is 30.5 Å². The molecule has 1 aliphatic heterocycles. The molecule has 1 amide bonds. The van der Waals surface area contributed by atoms with Crippen LogP contribution in [0.2, 0.25) is 5.02 Å². The van der Waals surface area contributed by atoms with Crippen LogP contribution in [-0.2, 0) is 5.41 Å². The molecule has 2 aromatic carbocycles. The fourth-order valence-electron chi connectivity index (χ4n) is 3.65. The Balaban J connectivity index is 1.88. The molecule has 4 nitrogen and oxygen atoms in total. The van der Waals surface area contributed by atoms with Crippen LogP contribution >= 0.6 is 11.6 Å². The van der Waals surface area contributed by atoms with Crippen molar-refractivity contribution in [2.75, 3.05) is 4.90 Å². The van der Waals surface area contributed by atoms with E-state index < -0.39 is 0 Å². The molecule has 0 saturated heterocycles. The van der Waals surface area contributed by atoms with Crippen molar-refractivity contribution in [3.05, 3.63) is 83.1 Å². The fourth-order valence-corrected chi connectivity index (χ4v) is 3.77. The van der Waals surface area contributed by atoms with Crippen LogP contribution in [0.3, 0.4) is 0 Å². The molecular weight excluding hydrogens is 334 g/mol. The number of para-hydroxylation sites is 1. The number of hydrogen-bond donors (Lipinski definition) is 0. The van der Waals surface area contributed by atoms with Crippen molar-refractivity contribution in [2.24, 2.45) is 0 Å². The average Bonchev–Trinajstić information content (AvgIpc) is 3.20.